The number of unbranched alkanes of at least 4 members (excludes halogenated alkanes) is 2. The van der Waals surface area contributed by atoms with E-state index in [-0.39, 0.29) is 6.09 Å². The monoisotopic (exact) mass is 517 g/mol. The van der Waals surface area contributed by atoms with Crippen molar-refractivity contribution in [3.05, 3.63) is 60.2 Å². The van der Waals surface area contributed by atoms with Crippen LogP contribution in [0.2, 0.25) is 0 Å². The molecule has 2 aromatic rings. The topological polar surface area (TPSA) is 85.3 Å². The van der Waals surface area contributed by atoms with Crippen molar-refractivity contribution < 1.29 is 28.9 Å². The van der Waals surface area contributed by atoms with E-state index in [1.807, 2.05) is 54.2 Å². The van der Waals surface area contributed by atoms with Gasteiger partial charge in [0.05, 0.1) is 13.2 Å². The van der Waals surface area contributed by atoms with Crippen molar-refractivity contribution in [3.8, 4) is 5.75 Å². The number of hydrogen-bond acceptors (Lipinski definition) is 6. The van der Waals surface area contributed by atoms with Gasteiger partial charge in [0.25, 0.3) is 0 Å². The number of rotatable bonds is 18. The molecule has 2 aromatic carbocycles. The van der Waals surface area contributed by atoms with Crippen LogP contribution in [0.15, 0.2) is 59.5 Å². The van der Waals surface area contributed by atoms with E-state index in [4.69, 9.17) is 14.2 Å². The molecule has 0 aliphatic carbocycles. The quantitative estimate of drug-likeness (QED) is 0.194. The molecule has 0 bridgehead atoms. The summed E-state index contributed by atoms with van der Waals surface area (Å²) in [6.45, 7) is 6.02. The van der Waals surface area contributed by atoms with Crippen LogP contribution in [0.1, 0.15) is 45.1 Å². The van der Waals surface area contributed by atoms with Crippen molar-refractivity contribution >= 4 is 23.8 Å². The molecule has 0 saturated carbocycles. The van der Waals surface area contributed by atoms with Gasteiger partial charge in [0.2, 0.25) is 0 Å². The molecule has 0 saturated heterocycles. The summed E-state index contributed by atoms with van der Waals surface area (Å²) in [5.41, 5.74) is 0.859. The number of carbonyl (C=O) groups excluding carboxylic acids is 1. The zero-order valence-corrected chi connectivity index (χ0v) is 22.2. The smallest absolute Gasteiger partial charge is 0.409 e. The van der Waals surface area contributed by atoms with Crippen LogP contribution in [0.5, 0.6) is 5.75 Å². The van der Waals surface area contributed by atoms with E-state index in [9.17, 15) is 14.7 Å². The lowest BCUT2D eigenvalue weighted by Crippen LogP contribution is -2.36. The number of benzene rings is 2. The van der Waals surface area contributed by atoms with Gasteiger partial charge in [-0.2, -0.15) is 0 Å². The van der Waals surface area contributed by atoms with Gasteiger partial charge in [0.1, 0.15) is 12.4 Å². The van der Waals surface area contributed by atoms with Crippen LogP contribution in [-0.2, 0) is 20.7 Å². The molecule has 0 aliphatic rings. The second kappa shape index (κ2) is 17.7. The summed E-state index contributed by atoms with van der Waals surface area (Å²) in [5.74, 6) is 0.694. The summed E-state index contributed by atoms with van der Waals surface area (Å²) in [5, 5.41) is 9.25. The highest BCUT2D eigenvalue weighted by Gasteiger charge is 2.18. The van der Waals surface area contributed by atoms with Crippen molar-refractivity contribution in [1.82, 2.24) is 4.90 Å². The largest absolute Gasteiger partial charge is 0.492 e. The standard InChI is InChI=1S/C28H39NO6S/c1-3-5-19-35-28(32)29(17-9-10-21-36-25-11-7-6-8-12-25)18-20-34-24-15-13-23(14-16-24)22-26(27(30)31)33-4-2/h6-8,11-16,26H,3-5,9-10,17-22H2,1-2H3,(H,30,31). The fourth-order valence-corrected chi connectivity index (χ4v) is 4.36. The van der Waals surface area contributed by atoms with Crippen molar-refractivity contribution in [1.29, 1.82) is 0 Å². The van der Waals surface area contributed by atoms with E-state index < -0.39 is 12.1 Å². The first-order valence-electron chi connectivity index (χ1n) is 12.7. The van der Waals surface area contributed by atoms with Crippen molar-refractivity contribution in [2.45, 2.75) is 57.0 Å². The van der Waals surface area contributed by atoms with Crippen LogP contribution in [-0.4, -0.2) is 66.8 Å². The lowest BCUT2D eigenvalue weighted by Gasteiger charge is -2.22. The second-order valence-electron chi connectivity index (χ2n) is 8.30. The highest BCUT2D eigenvalue weighted by molar-refractivity contribution is 7.99. The Hall–Kier alpha value is -2.71. The van der Waals surface area contributed by atoms with E-state index in [0.29, 0.717) is 45.1 Å². The highest BCUT2D eigenvalue weighted by Crippen LogP contribution is 2.19. The minimum atomic E-state index is -0.971. The van der Waals surface area contributed by atoms with E-state index in [1.165, 1.54) is 4.90 Å². The molecule has 0 fully saturated rings. The molecule has 0 aliphatic heterocycles. The van der Waals surface area contributed by atoms with Gasteiger partial charge < -0.3 is 24.2 Å². The maximum atomic E-state index is 12.6. The zero-order valence-electron chi connectivity index (χ0n) is 21.4. The average Bonchev–Trinajstić information content (AvgIpc) is 2.88. The molecule has 1 unspecified atom stereocenters. The number of amides is 1. The lowest BCUT2D eigenvalue weighted by atomic mass is 10.1. The van der Waals surface area contributed by atoms with E-state index in [0.717, 1.165) is 37.0 Å². The maximum Gasteiger partial charge on any atom is 0.409 e. The summed E-state index contributed by atoms with van der Waals surface area (Å²) in [6, 6.07) is 17.6. The van der Waals surface area contributed by atoms with Gasteiger partial charge in [0.15, 0.2) is 6.10 Å². The Morgan fingerprint density at radius 2 is 1.69 bits per heavy atom. The van der Waals surface area contributed by atoms with Crippen molar-refractivity contribution in [2.24, 2.45) is 0 Å². The molecule has 36 heavy (non-hydrogen) atoms. The Balaban J connectivity index is 1.79. The molecule has 1 amide bonds. The molecule has 2 rings (SSSR count). The Labute approximate surface area is 219 Å². The molecular formula is C28H39NO6S. The number of carbonyl (C=O) groups is 2. The van der Waals surface area contributed by atoms with Crippen LogP contribution < -0.4 is 4.74 Å². The zero-order chi connectivity index (χ0) is 26.0. The van der Waals surface area contributed by atoms with Gasteiger partial charge in [-0.25, -0.2) is 9.59 Å². The van der Waals surface area contributed by atoms with E-state index >= 15 is 0 Å². The van der Waals surface area contributed by atoms with Gasteiger partial charge in [-0.15, -0.1) is 11.8 Å². The second-order valence-corrected chi connectivity index (χ2v) is 9.47. The van der Waals surface area contributed by atoms with Crippen molar-refractivity contribution in [2.75, 3.05) is 38.7 Å². The van der Waals surface area contributed by atoms with Crippen LogP contribution in [0, 0.1) is 0 Å². The van der Waals surface area contributed by atoms with E-state index in [2.05, 4.69) is 19.1 Å². The third-order valence-corrected chi connectivity index (χ3v) is 6.53. The number of ether oxygens (including phenoxy) is 3. The normalized spacial score (nSPS) is 11.6. The van der Waals surface area contributed by atoms with Gasteiger partial charge in [-0.05, 0) is 61.8 Å². The third kappa shape index (κ3) is 11.8. The first kappa shape index (κ1) is 29.5. The predicted molar refractivity (Wildman–Crippen MR) is 143 cm³/mol. The summed E-state index contributed by atoms with van der Waals surface area (Å²) in [7, 11) is 0. The molecule has 1 N–H and O–H groups in total. The first-order valence-corrected chi connectivity index (χ1v) is 13.7. The summed E-state index contributed by atoms with van der Waals surface area (Å²) >= 11 is 1.82. The van der Waals surface area contributed by atoms with Gasteiger partial charge in [-0.1, -0.05) is 43.7 Å². The van der Waals surface area contributed by atoms with Crippen LogP contribution in [0.3, 0.4) is 0 Å². The minimum Gasteiger partial charge on any atom is -0.492 e. The Bertz CT molecular complexity index is 877. The number of aliphatic carboxylic acids is 1. The summed E-state index contributed by atoms with van der Waals surface area (Å²) < 4.78 is 16.6. The van der Waals surface area contributed by atoms with Crippen LogP contribution in [0.4, 0.5) is 4.79 Å². The van der Waals surface area contributed by atoms with Gasteiger partial charge in [0, 0.05) is 24.5 Å². The first-order chi connectivity index (χ1) is 17.5. The third-order valence-electron chi connectivity index (χ3n) is 5.43. The summed E-state index contributed by atoms with van der Waals surface area (Å²) in [4.78, 5) is 26.8. The maximum absolute atomic E-state index is 12.6. The van der Waals surface area contributed by atoms with Crippen LogP contribution >= 0.6 is 11.8 Å². The molecule has 7 nitrogen and oxygen atoms in total. The molecule has 1 atom stereocenters. The molecule has 198 valence electrons. The Morgan fingerprint density at radius 3 is 2.36 bits per heavy atom. The number of thioether (sulfide) groups is 1. The highest BCUT2D eigenvalue weighted by atomic mass is 32.2. The Morgan fingerprint density at radius 1 is 0.944 bits per heavy atom. The van der Waals surface area contributed by atoms with Crippen LogP contribution in [0.25, 0.3) is 0 Å². The molecule has 0 spiro atoms. The van der Waals surface area contributed by atoms with Gasteiger partial charge in [-0.3, -0.25) is 0 Å². The number of hydrogen-bond donors (Lipinski definition) is 1. The average molecular weight is 518 g/mol. The SMILES string of the molecule is CCCCOC(=O)N(CCCCSc1ccccc1)CCOc1ccc(CC(OCC)C(=O)O)cc1. The predicted octanol–water partition coefficient (Wildman–Crippen LogP) is 5.91. The van der Waals surface area contributed by atoms with E-state index in [1.54, 1.807) is 11.8 Å². The molecule has 0 radical (unpaired) electrons. The molecular weight excluding hydrogens is 478 g/mol. The van der Waals surface area contributed by atoms with Crippen molar-refractivity contribution in [3.63, 3.8) is 0 Å². The van der Waals surface area contributed by atoms with Gasteiger partial charge >= 0.3 is 12.1 Å². The number of nitrogens with zero attached hydrogens (tertiary/aromatic N) is 1. The number of carboxylic acids is 1. The molecule has 0 heterocycles. The fourth-order valence-electron chi connectivity index (χ4n) is 3.43. The number of carboxylic acid groups (broad SMARTS) is 1. The molecule has 8 heteroatoms. The summed E-state index contributed by atoms with van der Waals surface area (Å²) in [6.07, 6.45) is 2.85. The fraction of sp³-hybridized carbons (Fsp3) is 0.500. The molecule has 0 aromatic heterocycles. The minimum absolute atomic E-state index is 0.295. The Kier molecular flexibility index (Phi) is 14.5. The lowest BCUT2D eigenvalue weighted by molar-refractivity contribution is -0.149.